The van der Waals surface area contributed by atoms with Crippen molar-refractivity contribution in [1.29, 1.82) is 0 Å². The van der Waals surface area contributed by atoms with E-state index < -0.39 is 0 Å². The average molecular weight is 291 g/mol. The standard InChI is InChI=1S/C11H13BrClNO/c1-3-8(12)11(15)14-10-6-4-5-9(13)7(10)2/h4-6,8H,3H2,1-2H3,(H,14,15)/t8-/m1/s1. The summed E-state index contributed by atoms with van der Waals surface area (Å²) < 4.78 is 0. The third-order valence-corrected chi connectivity index (χ3v) is 3.64. The molecule has 0 saturated carbocycles. The number of anilines is 1. The molecule has 1 atom stereocenters. The van der Waals surface area contributed by atoms with Gasteiger partial charge in [0, 0.05) is 10.7 Å². The minimum absolute atomic E-state index is 0.0390. The van der Waals surface area contributed by atoms with Crippen molar-refractivity contribution in [2.45, 2.75) is 25.1 Å². The van der Waals surface area contributed by atoms with Crippen molar-refractivity contribution in [3.05, 3.63) is 28.8 Å². The molecule has 0 bridgehead atoms. The van der Waals surface area contributed by atoms with Gasteiger partial charge in [0.15, 0.2) is 0 Å². The number of benzene rings is 1. The second kappa shape index (κ2) is 5.52. The summed E-state index contributed by atoms with van der Waals surface area (Å²) in [5.41, 5.74) is 1.66. The molecule has 1 N–H and O–H groups in total. The minimum atomic E-state index is -0.157. The molecule has 1 aromatic rings. The van der Waals surface area contributed by atoms with E-state index in [-0.39, 0.29) is 10.7 Å². The normalized spacial score (nSPS) is 12.3. The molecule has 2 nitrogen and oxygen atoms in total. The number of rotatable bonds is 3. The van der Waals surface area contributed by atoms with Crippen LogP contribution in [-0.2, 0) is 4.79 Å². The van der Waals surface area contributed by atoms with Crippen molar-refractivity contribution in [3.63, 3.8) is 0 Å². The molecule has 15 heavy (non-hydrogen) atoms. The van der Waals surface area contributed by atoms with E-state index in [1.165, 1.54) is 0 Å². The van der Waals surface area contributed by atoms with Crippen LogP contribution in [0.3, 0.4) is 0 Å². The molecule has 0 radical (unpaired) electrons. The molecule has 0 spiro atoms. The van der Waals surface area contributed by atoms with Crippen LogP contribution in [-0.4, -0.2) is 10.7 Å². The summed E-state index contributed by atoms with van der Waals surface area (Å²) in [7, 11) is 0. The van der Waals surface area contributed by atoms with Crippen LogP contribution in [0.5, 0.6) is 0 Å². The molecular formula is C11H13BrClNO. The molecule has 0 aliphatic rings. The zero-order valence-electron chi connectivity index (χ0n) is 8.68. The number of carbonyl (C=O) groups is 1. The third kappa shape index (κ3) is 3.21. The van der Waals surface area contributed by atoms with Crippen LogP contribution in [0.4, 0.5) is 5.69 Å². The maximum absolute atomic E-state index is 11.6. The molecule has 1 aromatic carbocycles. The summed E-state index contributed by atoms with van der Waals surface area (Å²) in [6, 6.07) is 5.46. The van der Waals surface area contributed by atoms with Gasteiger partial charge in [-0.1, -0.05) is 40.5 Å². The highest BCUT2D eigenvalue weighted by Gasteiger charge is 2.13. The number of hydrogen-bond donors (Lipinski definition) is 1. The lowest BCUT2D eigenvalue weighted by atomic mass is 10.2. The lowest BCUT2D eigenvalue weighted by Crippen LogP contribution is -2.22. The van der Waals surface area contributed by atoms with E-state index in [9.17, 15) is 4.79 Å². The molecule has 0 unspecified atom stereocenters. The van der Waals surface area contributed by atoms with Crippen molar-refractivity contribution in [2.24, 2.45) is 0 Å². The fourth-order valence-corrected chi connectivity index (χ4v) is 1.43. The highest BCUT2D eigenvalue weighted by Crippen LogP contribution is 2.23. The van der Waals surface area contributed by atoms with E-state index >= 15 is 0 Å². The Morgan fingerprint density at radius 2 is 2.27 bits per heavy atom. The predicted molar refractivity (Wildman–Crippen MR) is 67.8 cm³/mol. The topological polar surface area (TPSA) is 29.1 Å². The smallest absolute Gasteiger partial charge is 0.238 e. The fraction of sp³-hybridized carbons (Fsp3) is 0.364. The lowest BCUT2D eigenvalue weighted by molar-refractivity contribution is -0.115. The molecule has 4 heteroatoms. The van der Waals surface area contributed by atoms with E-state index in [1.807, 2.05) is 26.0 Å². The highest BCUT2D eigenvalue weighted by atomic mass is 79.9. The monoisotopic (exact) mass is 289 g/mol. The summed E-state index contributed by atoms with van der Waals surface area (Å²) in [4.78, 5) is 11.4. The Labute approximate surface area is 103 Å². The molecule has 1 amide bonds. The molecule has 1 rings (SSSR count). The first kappa shape index (κ1) is 12.5. The van der Waals surface area contributed by atoms with Gasteiger partial charge in [-0.3, -0.25) is 4.79 Å². The second-order valence-electron chi connectivity index (χ2n) is 3.28. The Morgan fingerprint density at radius 1 is 1.60 bits per heavy atom. The summed E-state index contributed by atoms with van der Waals surface area (Å²) in [5.74, 6) is -0.0390. The van der Waals surface area contributed by atoms with Gasteiger partial charge in [-0.25, -0.2) is 0 Å². The fourth-order valence-electron chi connectivity index (χ4n) is 1.14. The van der Waals surface area contributed by atoms with Crippen LogP contribution in [0.2, 0.25) is 5.02 Å². The summed E-state index contributed by atoms with van der Waals surface area (Å²) in [5, 5.41) is 3.49. The Bertz CT molecular complexity index is 368. The largest absolute Gasteiger partial charge is 0.325 e. The molecule has 82 valence electrons. The number of halogens is 2. The van der Waals surface area contributed by atoms with Crippen LogP contribution in [0, 0.1) is 6.92 Å². The van der Waals surface area contributed by atoms with Gasteiger partial charge >= 0.3 is 0 Å². The van der Waals surface area contributed by atoms with Crippen molar-refractivity contribution in [3.8, 4) is 0 Å². The highest BCUT2D eigenvalue weighted by molar-refractivity contribution is 9.10. The summed E-state index contributed by atoms with van der Waals surface area (Å²) >= 11 is 9.25. The maximum Gasteiger partial charge on any atom is 0.238 e. The van der Waals surface area contributed by atoms with E-state index in [0.29, 0.717) is 5.02 Å². The van der Waals surface area contributed by atoms with Crippen molar-refractivity contribution in [1.82, 2.24) is 0 Å². The van der Waals surface area contributed by atoms with Gasteiger partial charge in [-0.15, -0.1) is 0 Å². The van der Waals surface area contributed by atoms with Gasteiger partial charge in [0.25, 0.3) is 0 Å². The molecule has 0 aliphatic carbocycles. The Balaban J connectivity index is 2.81. The number of carbonyl (C=O) groups excluding carboxylic acids is 1. The number of hydrogen-bond acceptors (Lipinski definition) is 1. The zero-order chi connectivity index (χ0) is 11.4. The average Bonchev–Trinajstić information content (AvgIpc) is 2.23. The van der Waals surface area contributed by atoms with E-state index in [1.54, 1.807) is 6.07 Å². The summed E-state index contributed by atoms with van der Waals surface area (Å²) in [6.07, 6.45) is 0.755. The zero-order valence-corrected chi connectivity index (χ0v) is 11.0. The second-order valence-corrected chi connectivity index (χ2v) is 4.79. The molecule has 0 saturated heterocycles. The number of amides is 1. The van der Waals surface area contributed by atoms with Crippen molar-refractivity contribution < 1.29 is 4.79 Å². The Hall–Kier alpha value is -0.540. The van der Waals surface area contributed by atoms with Crippen molar-refractivity contribution in [2.75, 3.05) is 5.32 Å². The number of nitrogens with one attached hydrogen (secondary N) is 1. The predicted octanol–water partition coefficient (Wildman–Crippen LogP) is 3.76. The molecule has 0 aromatic heterocycles. The first-order chi connectivity index (χ1) is 7.06. The quantitative estimate of drug-likeness (QED) is 0.844. The van der Waals surface area contributed by atoms with E-state index in [0.717, 1.165) is 17.7 Å². The minimum Gasteiger partial charge on any atom is -0.325 e. The first-order valence-electron chi connectivity index (χ1n) is 4.76. The van der Waals surface area contributed by atoms with Crippen LogP contribution < -0.4 is 5.32 Å². The van der Waals surface area contributed by atoms with Crippen LogP contribution in [0.15, 0.2) is 18.2 Å². The van der Waals surface area contributed by atoms with E-state index in [4.69, 9.17) is 11.6 Å². The Morgan fingerprint density at radius 3 is 2.87 bits per heavy atom. The van der Waals surface area contributed by atoms with E-state index in [2.05, 4.69) is 21.2 Å². The first-order valence-corrected chi connectivity index (χ1v) is 6.05. The van der Waals surface area contributed by atoms with Gasteiger partial charge in [-0.05, 0) is 31.0 Å². The Kier molecular flexibility index (Phi) is 4.61. The number of alkyl halides is 1. The lowest BCUT2D eigenvalue weighted by Gasteiger charge is -2.11. The van der Waals surface area contributed by atoms with Gasteiger partial charge in [0.2, 0.25) is 5.91 Å². The van der Waals surface area contributed by atoms with Crippen LogP contribution >= 0.6 is 27.5 Å². The van der Waals surface area contributed by atoms with Gasteiger partial charge in [0.1, 0.15) is 0 Å². The van der Waals surface area contributed by atoms with Gasteiger partial charge < -0.3 is 5.32 Å². The third-order valence-electron chi connectivity index (χ3n) is 2.17. The van der Waals surface area contributed by atoms with Crippen molar-refractivity contribution >= 4 is 39.1 Å². The van der Waals surface area contributed by atoms with Gasteiger partial charge in [-0.2, -0.15) is 0 Å². The molecule has 0 aliphatic heterocycles. The van der Waals surface area contributed by atoms with Crippen LogP contribution in [0.25, 0.3) is 0 Å². The van der Waals surface area contributed by atoms with Crippen LogP contribution in [0.1, 0.15) is 18.9 Å². The molecule has 0 fully saturated rings. The molecular weight excluding hydrogens is 277 g/mol. The summed E-state index contributed by atoms with van der Waals surface area (Å²) in [6.45, 7) is 3.83. The molecule has 0 heterocycles. The maximum atomic E-state index is 11.6. The van der Waals surface area contributed by atoms with Gasteiger partial charge in [0.05, 0.1) is 4.83 Å². The SMILES string of the molecule is CC[C@@H](Br)C(=O)Nc1cccc(Cl)c1C.